The molecule has 74 valence electrons. The van der Waals surface area contributed by atoms with Gasteiger partial charge in [0, 0.05) is 16.0 Å². The molecular weight excluding hydrogens is 228 g/mol. The largest absolute Gasteiger partial charge is 0.396 e. The molecule has 0 spiro atoms. The zero-order valence-corrected chi connectivity index (χ0v) is 9.27. The third kappa shape index (κ3) is 1.82. The molecule has 0 bridgehead atoms. The van der Waals surface area contributed by atoms with E-state index in [0.717, 1.165) is 11.1 Å². The molecule has 0 unspecified atom stereocenters. The Bertz CT molecular complexity index is 523. The lowest BCUT2D eigenvalue weighted by Crippen LogP contribution is -1.87. The van der Waals surface area contributed by atoms with Gasteiger partial charge in [0.15, 0.2) is 0 Å². The van der Waals surface area contributed by atoms with Gasteiger partial charge in [-0.15, -0.1) is 11.3 Å². The molecule has 4 heteroatoms. The predicted molar refractivity (Wildman–Crippen MR) is 63.9 cm³/mol. The summed E-state index contributed by atoms with van der Waals surface area (Å²) < 4.78 is 0. The number of halogens is 1. The van der Waals surface area contributed by atoms with Gasteiger partial charge in [-0.3, -0.25) is 0 Å². The number of nitrogens with zero attached hydrogens (tertiary/aromatic N) is 1. The maximum Gasteiger partial charge on any atom is 0.128 e. The number of nitrogens with two attached hydrogens (primary N) is 1. The van der Waals surface area contributed by atoms with E-state index in [1.807, 2.05) is 17.5 Å². The molecule has 1 aromatic carbocycles. The molecule has 0 saturated heterocycles. The van der Waals surface area contributed by atoms with Gasteiger partial charge < -0.3 is 5.73 Å². The molecule has 2 N–H and O–H groups in total. The fourth-order valence-corrected chi connectivity index (χ4v) is 2.22. The average Bonchev–Trinajstić information content (AvgIpc) is 2.61. The summed E-state index contributed by atoms with van der Waals surface area (Å²) in [6.45, 7) is 0. The lowest BCUT2D eigenvalue weighted by atomic mass is 10.1. The van der Waals surface area contributed by atoms with Gasteiger partial charge in [-0.2, -0.15) is 5.26 Å². The zero-order valence-electron chi connectivity index (χ0n) is 7.70. The first-order valence-corrected chi connectivity index (χ1v) is 5.51. The lowest BCUT2D eigenvalue weighted by Gasteiger charge is -1.99. The first-order chi connectivity index (χ1) is 7.22. The average molecular weight is 235 g/mol. The first-order valence-electron chi connectivity index (χ1n) is 4.25. The maximum atomic E-state index is 8.78. The van der Waals surface area contributed by atoms with E-state index in [1.165, 1.54) is 11.3 Å². The van der Waals surface area contributed by atoms with Crippen molar-refractivity contribution in [2.45, 2.75) is 0 Å². The normalized spacial score (nSPS) is 9.87. The van der Waals surface area contributed by atoms with Crippen molar-refractivity contribution in [2.24, 2.45) is 0 Å². The summed E-state index contributed by atoms with van der Waals surface area (Å²) in [6.07, 6.45) is 0. The summed E-state index contributed by atoms with van der Waals surface area (Å²) in [5.74, 6) is 0. The van der Waals surface area contributed by atoms with E-state index < -0.39 is 0 Å². The molecule has 0 saturated carbocycles. The van der Waals surface area contributed by atoms with Crippen molar-refractivity contribution >= 4 is 28.6 Å². The van der Waals surface area contributed by atoms with Crippen LogP contribution in [0, 0.1) is 11.3 Å². The van der Waals surface area contributed by atoms with Gasteiger partial charge in [0.1, 0.15) is 10.9 Å². The topological polar surface area (TPSA) is 49.8 Å². The monoisotopic (exact) mass is 234 g/mol. The Balaban J connectivity index is 2.51. The van der Waals surface area contributed by atoms with Gasteiger partial charge in [-0.1, -0.05) is 23.7 Å². The van der Waals surface area contributed by atoms with E-state index in [2.05, 4.69) is 6.07 Å². The molecule has 0 aliphatic carbocycles. The number of anilines is 1. The number of benzene rings is 1. The van der Waals surface area contributed by atoms with E-state index in [0.29, 0.717) is 15.6 Å². The lowest BCUT2D eigenvalue weighted by molar-refractivity contribution is 1.52. The Morgan fingerprint density at radius 1 is 1.27 bits per heavy atom. The molecule has 0 fully saturated rings. The van der Waals surface area contributed by atoms with E-state index in [1.54, 1.807) is 12.1 Å². The molecule has 0 amide bonds. The van der Waals surface area contributed by atoms with Crippen molar-refractivity contribution in [3.8, 4) is 17.2 Å². The van der Waals surface area contributed by atoms with E-state index in [-0.39, 0.29) is 0 Å². The summed E-state index contributed by atoms with van der Waals surface area (Å²) >= 11 is 7.15. The van der Waals surface area contributed by atoms with Crippen molar-refractivity contribution in [3.05, 3.63) is 39.5 Å². The molecule has 2 rings (SSSR count). The van der Waals surface area contributed by atoms with Crippen LogP contribution < -0.4 is 5.73 Å². The quantitative estimate of drug-likeness (QED) is 0.821. The van der Waals surface area contributed by atoms with Gasteiger partial charge in [-0.05, 0) is 17.7 Å². The van der Waals surface area contributed by atoms with Gasteiger partial charge in [-0.25, -0.2) is 0 Å². The summed E-state index contributed by atoms with van der Waals surface area (Å²) in [4.78, 5) is 0.556. The van der Waals surface area contributed by atoms with Crippen LogP contribution in [0.4, 0.5) is 5.69 Å². The fraction of sp³-hybridized carbons (Fsp3) is 0. The molecule has 15 heavy (non-hydrogen) atoms. The number of nitrogen functional groups attached to an aromatic ring is 1. The molecule has 1 heterocycles. The Labute approximate surface area is 96.5 Å². The number of hydrogen-bond donors (Lipinski definition) is 1. The van der Waals surface area contributed by atoms with Gasteiger partial charge >= 0.3 is 0 Å². The van der Waals surface area contributed by atoms with Gasteiger partial charge in [0.05, 0.1) is 5.69 Å². The van der Waals surface area contributed by atoms with Crippen LogP contribution in [0.5, 0.6) is 0 Å². The highest BCUT2D eigenvalue weighted by atomic mass is 35.5. The van der Waals surface area contributed by atoms with Crippen LogP contribution in [-0.4, -0.2) is 0 Å². The highest BCUT2D eigenvalue weighted by Gasteiger charge is 2.09. The Morgan fingerprint density at radius 3 is 2.47 bits per heavy atom. The summed E-state index contributed by atoms with van der Waals surface area (Å²) in [5, 5.41) is 11.4. The van der Waals surface area contributed by atoms with Gasteiger partial charge in [0.2, 0.25) is 0 Å². The van der Waals surface area contributed by atoms with E-state index >= 15 is 0 Å². The number of hydrogen-bond acceptors (Lipinski definition) is 3. The smallest absolute Gasteiger partial charge is 0.128 e. The van der Waals surface area contributed by atoms with Crippen LogP contribution >= 0.6 is 22.9 Å². The minimum atomic E-state index is 0.546. The highest BCUT2D eigenvalue weighted by Crippen LogP contribution is 2.33. The second kappa shape index (κ2) is 3.93. The standard InChI is InChI=1S/C11H7ClN2S/c12-8-3-1-7(2-4-8)9-6-15-10(5-13)11(9)14/h1-4,6H,14H2. The maximum absolute atomic E-state index is 8.78. The van der Waals surface area contributed by atoms with Crippen LogP contribution in [-0.2, 0) is 0 Å². The van der Waals surface area contributed by atoms with Crippen LogP contribution in [0.1, 0.15) is 4.88 Å². The SMILES string of the molecule is N#Cc1scc(-c2ccc(Cl)cc2)c1N. The summed E-state index contributed by atoms with van der Waals surface area (Å²) in [5.41, 5.74) is 8.26. The van der Waals surface area contributed by atoms with Crippen molar-refractivity contribution in [1.29, 1.82) is 5.26 Å². The minimum Gasteiger partial charge on any atom is -0.396 e. The van der Waals surface area contributed by atoms with Crippen molar-refractivity contribution < 1.29 is 0 Å². The van der Waals surface area contributed by atoms with Gasteiger partial charge in [0.25, 0.3) is 0 Å². The molecule has 2 nitrogen and oxygen atoms in total. The number of nitriles is 1. The van der Waals surface area contributed by atoms with Crippen LogP contribution in [0.15, 0.2) is 29.6 Å². The Hall–Kier alpha value is -1.50. The summed E-state index contributed by atoms with van der Waals surface area (Å²) in [6, 6.07) is 9.46. The second-order valence-electron chi connectivity index (χ2n) is 3.01. The third-order valence-corrected chi connectivity index (χ3v) is 3.24. The van der Waals surface area contributed by atoms with E-state index in [9.17, 15) is 0 Å². The van der Waals surface area contributed by atoms with Crippen molar-refractivity contribution in [3.63, 3.8) is 0 Å². The fourth-order valence-electron chi connectivity index (χ4n) is 1.31. The zero-order chi connectivity index (χ0) is 10.8. The highest BCUT2D eigenvalue weighted by molar-refractivity contribution is 7.11. The number of rotatable bonds is 1. The summed E-state index contributed by atoms with van der Waals surface area (Å²) in [7, 11) is 0. The predicted octanol–water partition coefficient (Wildman–Crippen LogP) is 3.52. The molecule has 1 aromatic heterocycles. The minimum absolute atomic E-state index is 0.546. The van der Waals surface area contributed by atoms with Crippen molar-refractivity contribution in [1.82, 2.24) is 0 Å². The van der Waals surface area contributed by atoms with E-state index in [4.69, 9.17) is 22.6 Å². The Kier molecular flexibility index (Phi) is 2.63. The molecule has 0 aliphatic heterocycles. The molecular formula is C11H7ClN2S. The molecule has 0 aliphatic rings. The molecule has 0 radical (unpaired) electrons. The first kappa shape index (κ1) is 10.0. The second-order valence-corrected chi connectivity index (χ2v) is 4.33. The third-order valence-electron chi connectivity index (χ3n) is 2.09. The number of thiophene rings is 1. The Morgan fingerprint density at radius 2 is 1.93 bits per heavy atom. The molecule has 2 aromatic rings. The molecule has 0 atom stereocenters. The van der Waals surface area contributed by atoms with Crippen molar-refractivity contribution in [2.75, 3.05) is 5.73 Å². The van der Waals surface area contributed by atoms with Crippen LogP contribution in [0.3, 0.4) is 0 Å². The van der Waals surface area contributed by atoms with Crippen LogP contribution in [0.2, 0.25) is 5.02 Å². The van der Waals surface area contributed by atoms with Crippen LogP contribution in [0.25, 0.3) is 11.1 Å².